The molecule has 0 aromatic rings. The molecular formula is C23H39N. The van der Waals surface area contributed by atoms with Crippen molar-refractivity contribution >= 4 is 0 Å². The summed E-state index contributed by atoms with van der Waals surface area (Å²) in [7, 11) is 4.32. The van der Waals surface area contributed by atoms with Gasteiger partial charge in [-0.1, -0.05) is 32.8 Å². The van der Waals surface area contributed by atoms with E-state index in [1.807, 2.05) is 0 Å². The van der Waals surface area contributed by atoms with Gasteiger partial charge in [-0.15, -0.1) is 0 Å². The molecule has 136 valence electrons. The predicted octanol–water partition coefficient (Wildman–Crippen LogP) is 6.11. The van der Waals surface area contributed by atoms with Gasteiger partial charge in [0, 0.05) is 14.1 Å². The lowest BCUT2D eigenvalue weighted by atomic mass is 9.45. The average Bonchev–Trinajstić information content (AvgIpc) is 2.89. The van der Waals surface area contributed by atoms with Crippen molar-refractivity contribution in [2.45, 2.75) is 78.1 Å². The van der Waals surface area contributed by atoms with Crippen LogP contribution >= 0.6 is 0 Å². The lowest BCUT2D eigenvalue weighted by molar-refractivity contribution is -0.107. The van der Waals surface area contributed by atoms with E-state index in [0.717, 1.165) is 29.6 Å². The zero-order valence-corrected chi connectivity index (χ0v) is 16.6. The molecule has 0 aromatic heterocycles. The highest BCUT2D eigenvalue weighted by atomic mass is 15.0. The van der Waals surface area contributed by atoms with E-state index in [1.165, 1.54) is 51.4 Å². The van der Waals surface area contributed by atoms with Crippen LogP contribution in [-0.2, 0) is 0 Å². The van der Waals surface area contributed by atoms with Gasteiger partial charge in [-0.2, -0.15) is 0 Å². The lowest BCUT2D eigenvalue weighted by Gasteiger charge is -2.60. The molecule has 4 rings (SSSR count). The van der Waals surface area contributed by atoms with E-state index in [-0.39, 0.29) is 0 Å². The minimum atomic E-state index is 0.589. The van der Waals surface area contributed by atoms with Crippen LogP contribution in [0, 0.1) is 40.4 Å². The van der Waals surface area contributed by atoms with Gasteiger partial charge < -0.3 is 4.90 Å². The first-order valence-corrected chi connectivity index (χ1v) is 10.8. The van der Waals surface area contributed by atoms with E-state index < -0.39 is 0 Å². The monoisotopic (exact) mass is 329 g/mol. The zero-order chi connectivity index (χ0) is 16.9. The van der Waals surface area contributed by atoms with Crippen LogP contribution in [0.3, 0.4) is 0 Å². The number of hydrogen-bond donors (Lipinski definition) is 0. The standard InChI is InChI=1S/C23H39N/c1-22-14-6-5-7-17(22)8-10-19-20-11-9-18(13-16-24(3)4)23(20,2)15-12-21(19)22/h13,16-21H,5-12,14-15H2,1-4H3/t17?,18-,19+,20+,21+,22+,23-/m1/s1. The van der Waals surface area contributed by atoms with Crippen molar-refractivity contribution in [2.75, 3.05) is 14.1 Å². The molecule has 0 N–H and O–H groups in total. The highest BCUT2D eigenvalue weighted by Gasteiger charge is 2.59. The van der Waals surface area contributed by atoms with Gasteiger partial charge >= 0.3 is 0 Å². The Morgan fingerprint density at radius 2 is 1.58 bits per heavy atom. The van der Waals surface area contributed by atoms with E-state index in [0.29, 0.717) is 10.8 Å². The molecule has 4 aliphatic rings. The molecule has 0 radical (unpaired) electrons. The Balaban J connectivity index is 1.57. The number of allylic oxidation sites excluding steroid dienone is 1. The second-order valence-electron chi connectivity index (χ2n) is 10.4. The van der Waals surface area contributed by atoms with E-state index in [2.05, 4.69) is 45.1 Å². The van der Waals surface area contributed by atoms with Crippen molar-refractivity contribution in [2.24, 2.45) is 40.4 Å². The maximum atomic E-state index is 2.70. The number of hydrogen-bond acceptors (Lipinski definition) is 1. The summed E-state index contributed by atoms with van der Waals surface area (Å²) < 4.78 is 0. The first kappa shape index (κ1) is 17.0. The van der Waals surface area contributed by atoms with Gasteiger partial charge in [0.15, 0.2) is 0 Å². The van der Waals surface area contributed by atoms with Crippen LogP contribution in [0.25, 0.3) is 0 Å². The molecule has 1 nitrogen and oxygen atoms in total. The van der Waals surface area contributed by atoms with Crippen LogP contribution in [0.15, 0.2) is 12.3 Å². The maximum Gasteiger partial charge on any atom is 0.00555 e. The summed E-state index contributed by atoms with van der Waals surface area (Å²) >= 11 is 0. The summed E-state index contributed by atoms with van der Waals surface area (Å²) in [6.07, 6.45) is 20.0. The Morgan fingerprint density at radius 3 is 2.38 bits per heavy atom. The van der Waals surface area contributed by atoms with Crippen LogP contribution in [-0.4, -0.2) is 19.0 Å². The van der Waals surface area contributed by atoms with Crippen molar-refractivity contribution in [1.82, 2.24) is 4.90 Å². The van der Waals surface area contributed by atoms with E-state index in [9.17, 15) is 0 Å². The van der Waals surface area contributed by atoms with E-state index in [1.54, 1.807) is 12.8 Å². The smallest absolute Gasteiger partial charge is 0.00555 e. The third-order valence-electron chi connectivity index (χ3n) is 9.27. The Kier molecular flexibility index (Phi) is 4.29. The van der Waals surface area contributed by atoms with Crippen molar-refractivity contribution < 1.29 is 0 Å². The molecule has 0 aromatic carbocycles. The van der Waals surface area contributed by atoms with Gasteiger partial charge in [-0.25, -0.2) is 0 Å². The SMILES string of the molecule is CN(C)C=C[C@H]1CC[C@H]2[C@@H]3CCC4CCCC[C@]4(C)[C@H]3CC[C@]12C. The van der Waals surface area contributed by atoms with E-state index >= 15 is 0 Å². The van der Waals surface area contributed by atoms with E-state index in [4.69, 9.17) is 0 Å². The molecule has 7 atom stereocenters. The molecule has 4 fully saturated rings. The number of nitrogens with zero attached hydrogens (tertiary/aromatic N) is 1. The molecular weight excluding hydrogens is 290 g/mol. The third kappa shape index (κ3) is 2.48. The third-order valence-corrected chi connectivity index (χ3v) is 9.27. The highest BCUT2D eigenvalue weighted by Crippen LogP contribution is 2.67. The predicted molar refractivity (Wildman–Crippen MR) is 103 cm³/mol. The Hall–Kier alpha value is -0.460. The second kappa shape index (κ2) is 6.06. The summed E-state index contributed by atoms with van der Waals surface area (Å²) in [5.74, 6) is 4.98. The zero-order valence-electron chi connectivity index (χ0n) is 16.6. The molecule has 0 amide bonds. The van der Waals surface area contributed by atoms with Gasteiger partial charge in [0.1, 0.15) is 0 Å². The molecule has 0 saturated heterocycles. The van der Waals surface area contributed by atoms with Crippen LogP contribution in [0.5, 0.6) is 0 Å². The lowest BCUT2D eigenvalue weighted by Crippen LogP contribution is -2.52. The molecule has 0 aliphatic heterocycles. The van der Waals surface area contributed by atoms with Crippen molar-refractivity contribution in [3.8, 4) is 0 Å². The van der Waals surface area contributed by atoms with Gasteiger partial charge in [-0.3, -0.25) is 0 Å². The van der Waals surface area contributed by atoms with Crippen LogP contribution in [0.2, 0.25) is 0 Å². The fraction of sp³-hybridized carbons (Fsp3) is 0.913. The largest absolute Gasteiger partial charge is 0.384 e. The molecule has 4 saturated carbocycles. The van der Waals surface area contributed by atoms with Crippen molar-refractivity contribution in [3.63, 3.8) is 0 Å². The quantitative estimate of drug-likeness (QED) is 0.590. The number of fused-ring (bicyclic) bond motifs is 5. The van der Waals surface area contributed by atoms with Crippen molar-refractivity contribution in [3.05, 3.63) is 12.3 Å². The minimum absolute atomic E-state index is 0.589. The second-order valence-corrected chi connectivity index (χ2v) is 10.4. The molecule has 1 heteroatoms. The fourth-order valence-corrected chi connectivity index (χ4v) is 7.93. The molecule has 24 heavy (non-hydrogen) atoms. The fourth-order valence-electron chi connectivity index (χ4n) is 7.93. The molecule has 0 bridgehead atoms. The summed E-state index contributed by atoms with van der Waals surface area (Å²) in [4.78, 5) is 2.22. The van der Waals surface area contributed by atoms with Crippen LogP contribution < -0.4 is 0 Å². The first-order chi connectivity index (χ1) is 11.4. The molecule has 1 unspecified atom stereocenters. The molecule has 0 heterocycles. The van der Waals surface area contributed by atoms with Crippen molar-refractivity contribution in [1.29, 1.82) is 0 Å². The Bertz CT molecular complexity index is 494. The molecule has 0 spiro atoms. The number of rotatable bonds is 2. The Morgan fingerprint density at radius 1 is 0.792 bits per heavy atom. The maximum absolute atomic E-state index is 2.70. The summed E-state index contributed by atoms with van der Waals surface area (Å²) in [5.41, 5.74) is 1.28. The van der Waals surface area contributed by atoms with Gasteiger partial charge in [-0.05, 0) is 98.0 Å². The first-order valence-electron chi connectivity index (χ1n) is 10.8. The van der Waals surface area contributed by atoms with Crippen LogP contribution in [0.1, 0.15) is 78.1 Å². The average molecular weight is 330 g/mol. The normalized spacial score (nSPS) is 51.1. The summed E-state index contributed by atoms with van der Waals surface area (Å²) in [6, 6.07) is 0. The van der Waals surface area contributed by atoms with Gasteiger partial charge in [0.25, 0.3) is 0 Å². The summed E-state index contributed by atoms with van der Waals surface area (Å²) in [6.45, 7) is 5.36. The van der Waals surface area contributed by atoms with Gasteiger partial charge in [0.2, 0.25) is 0 Å². The Labute approximate surface area is 150 Å². The van der Waals surface area contributed by atoms with Gasteiger partial charge in [0.05, 0.1) is 0 Å². The topological polar surface area (TPSA) is 3.24 Å². The highest BCUT2D eigenvalue weighted by molar-refractivity contribution is 5.11. The van der Waals surface area contributed by atoms with Crippen LogP contribution in [0.4, 0.5) is 0 Å². The minimum Gasteiger partial charge on any atom is -0.384 e. The molecule has 4 aliphatic carbocycles. The summed E-state index contributed by atoms with van der Waals surface area (Å²) in [5, 5.41) is 0.